The van der Waals surface area contributed by atoms with Gasteiger partial charge < -0.3 is 21.1 Å². The summed E-state index contributed by atoms with van der Waals surface area (Å²) in [5, 5.41) is 13.0. The number of anilines is 2. The van der Waals surface area contributed by atoms with Crippen LogP contribution in [0.3, 0.4) is 0 Å². The van der Waals surface area contributed by atoms with Gasteiger partial charge in [-0.15, -0.1) is 0 Å². The van der Waals surface area contributed by atoms with Gasteiger partial charge in [0.1, 0.15) is 17.7 Å². The smallest absolute Gasteiger partial charge is 0.329 e. The number of halogens is 2. The van der Waals surface area contributed by atoms with Crippen molar-refractivity contribution < 1.29 is 33.1 Å². The minimum Gasteiger partial charge on any atom is -0.480 e. The molecule has 5 amide bonds. The summed E-state index contributed by atoms with van der Waals surface area (Å²) in [7, 11) is 0. The molecule has 5 rings (SSSR count). The van der Waals surface area contributed by atoms with E-state index in [2.05, 4.69) is 15.3 Å². The second-order valence-corrected chi connectivity index (χ2v) is 10.1. The minimum atomic E-state index is -1.95. The number of nitrogens with two attached hydrogens (primary N) is 1. The van der Waals surface area contributed by atoms with Gasteiger partial charge in [-0.05, 0) is 51.1 Å². The number of benzene rings is 1. The van der Waals surface area contributed by atoms with E-state index in [1.807, 2.05) is 0 Å². The van der Waals surface area contributed by atoms with Crippen molar-refractivity contribution in [1.82, 2.24) is 19.8 Å². The van der Waals surface area contributed by atoms with Gasteiger partial charge in [-0.25, -0.2) is 23.2 Å². The summed E-state index contributed by atoms with van der Waals surface area (Å²) in [5.41, 5.74) is 7.03. The predicted molar refractivity (Wildman–Crippen MR) is 145 cm³/mol. The number of fused-ring (bicyclic) bond motifs is 2. The lowest BCUT2D eigenvalue weighted by Crippen LogP contribution is -2.67. The first-order chi connectivity index (χ1) is 19.9. The monoisotopic (exact) mass is 579 g/mol. The Hall–Kier alpha value is -5.14. The molecule has 2 aromatic heterocycles. The zero-order valence-electron chi connectivity index (χ0n) is 22.7. The molecule has 3 aromatic rings. The van der Waals surface area contributed by atoms with Crippen molar-refractivity contribution in [1.29, 1.82) is 0 Å². The van der Waals surface area contributed by atoms with E-state index in [-0.39, 0.29) is 16.9 Å². The third-order valence-electron chi connectivity index (χ3n) is 7.69. The van der Waals surface area contributed by atoms with Crippen LogP contribution in [-0.2, 0) is 9.59 Å². The second-order valence-electron chi connectivity index (χ2n) is 10.1. The van der Waals surface area contributed by atoms with Gasteiger partial charge in [0.05, 0.1) is 40.9 Å². The van der Waals surface area contributed by atoms with Gasteiger partial charge in [-0.2, -0.15) is 0 Å². The molecule has 0 radical (unpaired) electrons. The molecule has 0 spiro atoms. The summed E-state index contributed by atoms with van der Waals surface area (Å²) < 4.78 is 28.6. The number of nitrogens with zero attached hydrogens (tertiary/aromatic N) is 5. The molecule has 2 aliphatic rings. The largest absolute Gasteiger partial charge is 0.480 e. The molecule has 42 heavy (non-hydrogen) atoms. The van der Waals surface area contributed by atoms with E-state index in [1.54, 1.807) is 31.2 Å². The maximum atomic E-state index is 14.9. The van der Waals surface area contributed by atoms with Crippen molar-refractivity contribution >= 4 is 35.3 Å². The number of carbonyl (C=O) groups is 4. The van der Waals surface area contributed by atoms with Crippen molar-refractivity contribution in [3.63, 3.8) is 0 Å². The number of hydrogen-bond acceptors (Lipinski definition) is 6. The van der Waals surface area contributed by atoms with E-state index >= 15 is 0 Å². The third kappa shape index (κ3) is 4.54. The third-order valence-corrected chi connectivity index (χ3v) is 7.69. The first-order valence-corrected chi connectivity index (χ1v) is 13.0. The van der Waals surface area contributed by atoms with Crippen LogP contribution in [0.15, 0.2) is 54.9 Å². The summed E-state index contributed by atoms with van der Waals surface area (Å²) in [6.45, 7) is 4.58. The van der Waals surface area contributed by atoms with Crippen LogP contribution in [0.2, 0.25) is 0 Å². The van der Waals surface area contributed by atoms with E-state index in [9.17, 15) is 33.1 Å². The molecule has 4 unspecified atom stereocenters. The Labute approximate surface area is 238 Å². The van der Waals surface area contributed by atoms with Crippen molar-refractivity contribution in [3.8, 4) is 0 Å². The van der Waals surface area contributed by atoms with Crippen LogP contribution in [0.25, 0.3) is 0 Å². The molecule has 0 aliphatic carbocycles. The molecule has 12 nitrogen and oxygen atoms in total. The number of pyridine rings is 2. The van der Waals surface area contributed by atoms with E-state index < -0.39 is 65.8 Å². The Bertz CT molecular complexity index is 1600. The van der Waals surface area contributed by atoms with Gasteiger partial charge in [0.2, 0.25) is 5.91 Å². The standard InChI is InChI=1S/C28H27F2N7O5/c1-13(17-9-8-16(29)12-18(17)30)35-20-7-5-11-33-22(20)15(3)37(28(35)42)23(25(31)38)24(26(39)40)36-14(2)21-19(34-27(36)41)6-4-10-32-21/h4-15,23-24H,1-3H3,(H2,31,38)(H,34,41)(H,39,40)/t13-,14?,15?,23?,24?/m0/s1. The molecule has 14 heteroatoms. The van der Waals surface area contributed by atoms with Crippen LogP contribution in [-0.4, -0.2) is 60.9 Å². The first kappa shape index (κ1) is 28.4. The lowest BCUT2D eigenvalue weighted by molar-refractivity contribution is -0.149. The lowest BCUT2D eigenvalue weighted by atomic mass is 9.95. The van der Waals surface area contributed by atoms with Gasteiger partial charge in [-0.3, -0.25) is 24.6 Å². The van der Waals surface area contributed by atoms with Crippen molar-refractivity contribution in [2.75, 3.05) is 10.2 Å². The molecule has 0 saturated carbocycles. The molecule has 218 valence electrons. The highest BCUT2D eigenvalue weighted by Gasteiger charge is 2.53. The van der Waals surface area contributed by atoms with Gasteiger partial charge in [0.25, 0.3) is 0 Å². The molecule has 5 atom stereocenters. The lowest BCUT2D eigenvalue weighted by Gasteiger charge is -2.48. The number of urea groups is 2. The van der Waals surface area contributed by atoms with Crippen LogP contribution < -0.4 is 16.0 Å². The zero-order valence-corrected chi connectivity index (χ0v) is 22.7. The molecule has 0 fully saturated rings. The number of amides is 5. The van der Waals surface area contributed by atoms with Gasteiger partial charge >= 0.3 is 18.0 Å². The highest BCUT2D eigenvalue weighted by Crippen LogP contribution is 2.43. The Morgan fingerprint density at radius 2 is 1.62 bits per heavy atom. The maximum Gasteiger partial charge on any atom is 0.329 e. The Balaban J connectivity index is 1.64. The van der Waals surface area contributed by atoms with E-state index in [0.29, 0.717) is 17.4 Å². The fourth-order valence-corrected chi connectivity index (χ4v) is 5.73. The van der Waals surface area contributed by atoms with Gasteiger partial charge in [0.15, 0.2) is 6.04 Å². The van der Waals surface area contributed by atoms with Crippen LogP contribution in [0.5, 0.6) is 0 Å². The number of carboxylic acids is 1. The molecular formula is C28H27F2N7O5. The number of nitrogens with one attached hydrogen (secondary N) is 1. The fraction of sp³-hybridized carbons (Fsp3) is 0.286. The van der Waals surface area contributed by atoms with E-state index in [1.165, 1.54) is 32.3 Å². The maximum absolute atomic E-state index is 14.9. The van der Waals surface area contributed by atoms with E-state index in [0.717, 1.165) is 20.8 Å². The predicted octanol–water partition coefficient (Wildman–Crippen LogP) is 3.73. The summed E-state index contributed by atoms with van der Waals surface area (Å²) in [4.78, 5) is 65.2. The number of rotatable bonds is 7. The topological polar surface area (TPSA) is 162 Å². The van der Waals surface area contributed by atoms with Crippen LogP contribution in [0.4, 0.5) is 29.7 Å². The molecule has 4 N–H and O–H groups in total. The molecular weight excluding hydrogens is 552 g/mol. The first-order valence-electron chi connectivity index (χ1n) is 13.0. The summed E-state index contributed by atoms with van der Waals surface area (Å²) in [6, 6.07) is 0.686. The van der Waals surface area contributed by atoms with Crippen molar-refractivity contribution in [2.24, 2.45) is 5.73 Å². The number of aromatic nitrogens is 2. The van der Waals surface area contributed by atoms with Gasteiger partial charge in [0, 0.05) is 24.0 Å². The number of aliphatic carboxylic acids is 1. The highest BCUT2D eigenvalue weighted by atomic mass is 19.1. The average Bonchev–Trinajstić information content (AvgIpc) is 2.93. The molecule has 0 bridgehead atoms. The van der Waals surface area contributed by atoms with Crippen LogP contribution in [0, 0.1) is 11.6 Å². The Morgan fingerprint density at radius 1 is 0.976 bits per heavy atom. The summed E-state index contributed by atoms with van der Waals surface area (Å²) >= 11 is 0. The molecule has 2 aliphatic heterocycles. The quantitative estimate of drug-likeness (QED) is 0.384. The molecule has 1 aromatic carbocycles. The SMILES string of the molecule is CC1c2ncccc2NC(=O)N1C(C(=O)O)C(C(N)=O)N1C(=O)N([C@@H](C)c2ccc(F)cc2F)c2cccnc2C1C. The Morgan fingerprint density at radius 3 is 2.26 bits per heavy atom. The summed E-state index contributed by atoms with van der Waals surface area (Å²) in [5.74, 6) is -4.52. The minimum absolute atomic E-state index is 0.0359. The number of hydrogen-bond donors (Lipinski definition) is 3. The molecule has 0 saturated heterocycles. The second kappa shape index (κ2) is 10.7. The highest BCUT2D eigenvalue weighted by molar-refractivity contribution is 6.02. The average molecular weight is 580 g/mol. The summed E-state index contributed by atoms with van der Waals surface area (Å²) in [6.07, 6.45) is 2.92. The van der Waals surface area contributed by atoms with Crippen LogP contribution >= 0.6 is 0 Å². The number of carbonyl (C=O) groups excluding carboxylic acids is 3. The van der Waals surface area contributed by atoms with Crippen molar-refractivity contribution in [3.05, 3.63) is 83.4 Å². The number of carboxylic acid groups (broad SMARTS) is 1. The van der Waals surface area contributed by atoms with E-state index in [4.69, 9.17) is 5.73 Å². The molecule has 4 heterocycles. The Kier molecular flexibility index (Phi) is 7.22. The number of primary amides is 1. The zero-order chi connectivity index (χ0) is 30.5. The van der Waals surface area contributed by atoms with Crippen LogP contribution in [0.1, 0.15) is 55.8 Å². The fourth-order valence-electron chi connectivity index (χ4n) is 5.73. The van der Waals surface area contributed by atoms with Crippen molar-refractivity contribution in [2.45, 2.75) is 51.0 Å². The van der Waals surface area contributed by atoms with Gasteiger partial charge in [-0.1, -0.05) is 6.07 Å². The normalized spacial score (nSPS) is 20.3.